The van der Waals surface area contributed by atoms with E-state index in [-0.39, 0.29) is 11.6 Å². The van der Waals surface area contributed by atoms with Gasteiger partial charge in [0.25, 0.3) is 5.91 Å². The van der Waals surface area contributed by atoms with E-state index in [0.29, 0.717) is 0 Å². The van der Waals surface area contributed by atoms with Crippen molar-refractivity contribution in [2.24, 2.45) is 0 Å². The van der Waals surface area contributed by atoms with Gasteiger partial charge in [-0.15, -0.1) is 0 Å². The van der Waals surface area contributed by atoms with Gasteiger partial charge >= 0.3 is 0 Å². The lowest BCUT2D eigenvalue weighted by Gasteiger charge is -2.04. The average molecular weight is 281 g/mol. The molecule has 1 amide bonds. The number of anilines is 1. The van der Waals surface area contributed by atoms with Crippen molar-refractivity contribution in [2.45, 2.75) is 6.92 Å². The fraction of sp³-hybridized carbons (Fsp3) is 0.100. The van der Waals surface area contributed by atoms with Gasteiger partial charge < -0.3 is 5.32 Å². The second-order valence-electron chi connectivity index (χ2n) is 3.33. The Balaban J connectivity index is 2.18. The van der Waals surface area contributed by atoms with Crippen LogP contribution in [0, 0.1) is 6.92 Å². The van der Waals surface area contributed by atoms with Gasteiger partial charge in [0.2, 0.25) is 0 Å². The number of aromatic amines is 1. The molecule has 16 heavy (non-hydrogen) atoms. The molecule has 1 aromatic carbocycles. The number of hydrogen-bond donors (Lipinski definition) is 2. The number of benzene rings is 1. The molecule has 0 fully saturated rings. The molecule has 0 aliphatic carbocycles. The number of rotatable bonds is 2. The maximum absolute atomic E-state index is 11.6. The molecule has 0 spiro atoms. The lowest BCUT2D eigenvalue weighted by molar-refractivity contribution is 0.102. The standard InChI is InChI=1S/C10H9BrN4O/c1-6-2-7(11)4-8(3-6)13-10(16)9-5-12-15-14-9/h2-5H,1H3,(H,13,16)(H,12,14,15). The second-order valence-corrected chi connectivity index (χ2v) is 4.24. The van der Waals surface area contributed by atoms with Crippen molar-refractivity contribution in [2.75, 3.05) is 5.32 Å². The summed E-state index contributed by atoms with van der Waals surface area (Å²) < 4.78 is 0.919. The Hall–Kier alpha value is -1.69. The molecule has 0 aliphatic rings. The van der Waals surface area contributed by atoms with E-state index in [1.54, 1.807) is 0 Å². The van der Waals surface area contributed by atoms with Gasteiger partial charge in [0.1, 0.15) is 0 Å². The number of amides is 1. The molecule has 1 heterocycles. The average Bonchev–Trinajstić information content (AvgIpc) is 2.68. The first-order valence-electron chi connectivity index (χ1n) is 4.59. The Kier molecular flexibility index (Phi) is 3.00. The largest absolute Gasteiger partial charge is 0.320 e. The van der Waals surface area contributed by atoms with Crippen molar-refractivity contribution in [3.05, 3.63) is 40.1 Å². The number of halogens is 1. The third-order valence-electron chi connectivity index (χ3n) is 1.95. The summed E-state index contributed by atoms with van der Waals surface area (Å²) in [5.41, 5.74) is 2.04. The summed E-state index contributed by atoms with van der Waals surface area (Å²) in [6.07, 6.45) is 1.38. The summed E-state index contributed by atoms with van der Waals surface area (Å²) in [6.45, 7) is 1.95. The maximum atomic E-state index is 11.6. The molecule has 0 saturated carbocycles. The maximum Gasteiger partial charge on any atom is 0.277 e. The van der Waals surface area contributed by atoms with Crippen LogP contribution in [0.5, 0.6) is 0 Å². The number of hydrogen-bond acceptors (Lipinski definition) is 3. The van der Waals surface area contributed by atoms with Crippen molar-refractivity contribution < 1.29 is 4.79 Å². The normalized spacial score (nSPS) is 10.1. The van der Waals surface area contributed by atoms with Crippen LogP contribution in [-0.2, 0) is 0 Å². The minimum atomic E-state index is -0.286. The number of H-pyrrole nitrogens is 1. The predicted octanol–water partition coefficient (Wildman–Crippen LogP) is 2.13. The molecule has 0 radical (unpaired) electrons. The number of carbonyl (C=O) groups excluding carboxylic acids is 1. The Morgan fingerprint density at radius 2 is 2.25 bits per heavy atom. The van der Waals surface area contributed by atoms with Crippen molar-refractivity contribution in [1.82, 2.24) is 15.4 Å². The highest BCUT2D eigenvalue weighted by atomic mass is 79.9. The van der Waals surface area contributed by atoms with Gasteiger partial charge in [-0.05, 0) is 30.7 Å². The zero-order chi connectivity index (χ0) is 11.5. The number of carbonyl (C=O) groups is 1. The third kappa shape index (κ3) is 2.46. The first-order chi connectivity index (χ1) is 7.65. The predicted molar refractivity (Wildman–Crippen MR) is 63.2 cm³/mol. The summed E-state index contributed by atoms with van der Waals surface area (Å²) in [5.74, 6) is -0.286. The molecular weight excluding hydrogens is 272 g/mol. The van der Waals surface area contributed by atoms with Gasteiger partial charge in [0.15, 0.2) is 5.69 Å². The quantitative estimate of drug-likeness (QED) is 0.885. The lowest BCUT2D eigenvalue weighted by Crippen LogP contribution is -2.12. The Bertz CT molecular complexity index is 489. The van der Waals surface area contributed by atoms with Crippen LogP contribution in [0.15, 0.2) is 28.9 Å². The van der Waals surface area contributed by atoms with E-state index in [2.05, 4.69) is 36.7 Å². The molecule has 0 unspecified atom stereocenters. The van der Waals surface area contributed by atoms with Crippen LogP contribution < -0.4 is 5.32 Å². The van der Waals surface area contributed by atoms with E-state index in [4.69, 9.17) is 0 Å². The van der Waals surface area contributed by atoms with Gasteiger partial charge in [0.05, 0.1) is 6.20 Å². The van der Waals surface area contributed by atoms with Crippen molar-refractivity contribution in [3.63, 3.8) is 0 Å². The van der Waals surface area contributed by atoms with Crippen LogP contribution in [-0.4, -0.2) is 21.3 Å². The van der Waals surface area contributed by atoms with Crippen LogP contribution in [0.4, 0.5) is 5.69 Å². The first kappa shape index (κ1) is 10.8. The minimum Gasteiger partial charge on any atom is -0.320 e. The minimum absolute atomic E-state index is 0.262. The molecule has 2 N–H and O–H groups in total. The first-order valence-corrected chi connectivity index (χ1v) is 5.39. The van der Waals surface area contributed by atoms with Gasteiger partial charge in [0, 0.05) is 10.2 Å². The van der Waals surface area contributed by atoms with Gasteiger partial charge in [-0.3, -0.25) is 4.79 Å². The highest BCUT2D eigenvalue weighted by molar-refractivity contribution is 9.10. The second kappa shape index (κ2) is 4.44. The van der Waals surface area contributed by atoms with Crippen LogP contribution in [0.1, 0.15) is 16.1 Å². The fourth-order valence-electron chi connectivity index (χ4n) is 1.31. The zero-order valence-electron chi connectivity index (χ0n) is 8.49. The molecule has 2 aromatic rings. The molecule has 2 rings (SSSR count). The highest BCUT2D eigenvalue weighted by Crippen LogP contribution is 2.19. The van der Waals surface area contributed by atoms with Gasteiger partial charge in [-0.2, -0.15) is 15.4 Å². The smallest absolute Gasteiger partial charge is 0.277 e. The number of nitrogens with zero attached hydrogens (tertiary/aromatic N) is 2. The number of aromatic nitrogens is 3. The van der Waals surface area contributed by atoms with Crippen molar-refractivity contribution >= 4 is 27.5 Å². The van der Waals surface area contributed by atoms with Gasteiger partial charge in [-0.25, -0.2) is 0 Å². The van der Waals surface area contributed by atoms with E-state index in [1.165, 1.54) is 6.20 Å². The summed E-state index contributed by atoms with van der Waals surface area (Å²) in [5, 5.41) is 12.4. The van der Waals surface area contributed by atoms with E-state index >= 15 is 0 Å². The summed E-state index contributed by atoms with van der Waals surface area (Å²) in [4.78, 5) is 11.6. The van der Waals surface area contributed by atoms with Crippen LogP contribution in [0.2, 0.25) is 0 Å². The highest BCUT2D eigenvalue weighted by Gasteiger charge is 2.08. The van der Waals surface area contributed by atoms with Crippen molar-refractivity contribution in [1.29, 1.82) is 0 Å². The molecule has 0 atom stereocenters. The molecule has 5 nitrogen and oxygen atoms in total. The zero-order valence-corrected chi connectivity index (χ0v) is 10.1. The molecule has 0 aliphatic heterocycles. The summed E-state index contributed by atoms with van der Waals surface area (Å²) >= 11 is 3.37. The SMILES string of the molecule is Cc1cc(Br)cc(NC(=O)c2cn[nH]n2)c1. The summed E-state index contributed by atoms with van der Waals surface area (Å²) in [6, 6.07) is 5.67. The third-order valence-corrected chi connectivity index (χ3v) is 2.41. The Morgan fingerprint density at radius 1 is 1.44 bits per heavy atom. The summed E-state index contributed by atoms with van der Waals surface area (Å²) in [7, 11) is 0. The fourth-order valence-corrected chi connectivity index (χ4v) is 1.92. The molecule has 82 valence electrons. The van der Waals surface area contributed by atoms with E-state index < -0.39 is 0 Å². The van der Waals surface area contributed by atoms with Crippen LogP contribution in [0.25, 0.3) is 0 Å². The van der Waals surface area contributed by atoms with Crippen LogP contribution >= 0.6 is 15.9 Å². The molecule has 6 heteroatoms. The molecule has 0 saturated heterocycles. The molecule has 1 aromatic heterocycles. The van der Waals surface area contributed by atoms with Gasteiger partial charge in [-0.1, -0.05) is 15.9 Å². The van der Waals surface area contributed by atoms with Crippen molar-refractivity contribution in [3.8, 4) is 0 Å². The number of nitrogens with one attached hydrogen (secondary N) is 2. The van der Waals surface area contributed by atoms with E-state index in [1.807, 2.05) is 25.1 Å². The molecular formula is C10H9BrN4O. The molecule has 0 bridgehead atoms. The Labute approximate surface area is 100 Å². The van der Waals surface area contributed by atoms with E-state index in [9.17, 15) is 4.79 Å². The Morgan fingerprint density at radius 3 is 2.88 bits per heavy atom. The monoisotopic (exact) mass is 280 g/mol. The topological polar surface area (TPSA) is 70.7 Å². The van der Waals surface area contributed by atoms with Crippen LogP contribution in [0.3, 0.4) is 0 Å². The number of aryl methyl sites for hydroxylation is 1. The lowest BCUT2D eigenvalue weighted by atomic mass is 10.2. The van der Waals surface area contributed by atoms with E-state index in [0.717, 1.165) is 15.7 Å².